The molecule has 16 heavy (non-hydrogen) atoms. The molecule has 0 saturated carbocycles. The number of hydrogen-bond donors (Lipinski definition) is 0. The van der Waals surface area contributed by atoms with E-state index in [2.05, 4.69) is 6.58 Å². The number of carbonyl (C=O) groups excluding carboxylic acids is 1. The molecule has 0 N–H and O–H groups in total. The quantitative estimate of drug-likeness (QED) is 0.443. The Hall–Kier alpha value is -2.03. The van der Waals surface area contributed by atoms with E-state index in [1.165, 1.54) is 6.26 Å². The second kappa shape index (κ2) is 5.75. The van der Waals surface area contributed by atoms with Gasteiger partial charge in [0.2, 0.25) is 0 Å². The van der Waals surface area contributed by atoms with Crippen LogP contribution in [0.1, 0.15) is 17.3 Å². The fourth-order valence-electron chi connectivity index (χ4n) is 1.01. The fraction of sp³-hybridized carbons (Fsp3) is 0.154. The highest BCUT2D eigenvalue weighted by molar-refractivity contribution is 5.89. The Kier molecular flexibility index (Phi) is 4.33. The van der Waals surface area contributed by atoms with Crippen LogP contribution in [0.25, 0.3) is 0 Å². The first-order chi connectivity index (χ1) is 7.63. The zero-order valence-corrected chi connectivity index (χ0v) is 9.40. The van der Waals surface area contributed by atoms with E-state index in [4.69, 9.17) is 9.47 Å². The molecule has 1 aromatic rings. The Morgan fingerprint density at radius 2 is 1.94 bits per heavy atom. The van der Waals surface area contributed by atoms with Gasteiger partial charge in [-0.25, -0.2) is 4.79 Å². The van der Waals surface area contributed by atoms with Crippen LogP contribution in [0.3, 0.4) is 0 Å². The Morgan fingerprint density at radius 1 is 1.31 bits per heavy atom. The van der Waals surface area contributed by atoms with E-state index >= 15 is 0 Å². The van der Waals surface area contributed by atoms with Gasteiger partial charge in [-0.15, -0.1) is 0 Å². The molecule has 3 heteroatoms. The number of benzene rings is 1. The Balaban J connectivity index is 2.62. The minimum absolute atomic E-state index is 0.403. The maximum Gasteiger partial charge on any atom is 0.342 e. The van der Waals surface area contributed by atoms with Crippen molar-refractivity contribution in [3.05, 3.63) is 54.3 Å². The molecule has 0 heterocycles. The molecule has 0 amide bonds. The molecule has 0 bridgehead atoms. The molecule has 84 valence electrons. The van der Waals surface area contributed by atoms with Gasteiger partial charge in [-0.2, -0.15) is 0 Å². The first-order valence-electron chi connectivity index (χ1n) is 4.80. The summed E-state index contributed by atoms with van der Waals surface area (Å²) < 4.78 is 9.88. The van der Waals surface area contributed by atoms with E-state index in [-0.39, 0.29) is 0 Å². The van der Waals surface area contributed by atoms with Gasteiger partial charge in [0, 0.05) is 0 Å². The van der Waals surface area contributed by atoms with E-state index in [1.807, 2.05) is 6.92 Å². The molecule has 0 atom stereocenters. The van der Waals surface area contributed by atoms with Gasteiger partial charge in [-0.3, -0.25) is 0 Å². The Bertz CT molecular complexity index is 402. The maximum atomic E-state index is 11.5. The average molecular weight is 218 g/mol. The molecule has 0 radical (unpaired) electrons. The summed E-state index contributed by atoms with van der Waals surface area (Å²) in [4.78, 5) is 11.5. The molecule has 0 fully saturated rings. The third-order valence-corrected chi connectivity index (χ3v) is 1.85. The van der Waals surface area contributed by atoms with Gasteiger partial charge in [-0.1, -0.05) is 12.2 Å². The summed E-state index contributed by atoms with van der Waals surface area (Å²) in [5, 5.41) is 0. The summed E-state index contributed by atoms with van der Waals surface area (Å²) in [6.45, 7) is 5.47. The van der Waals surface area contributed by atoms with Crippen LogP contribution >= 0.6 is 0 Å². The highest BCUT2D eigenvalue weighted by Gasteiger charge is 2.04. The molecule has 0 saturated heterocycles. The summed E-state index contributed by atoms with van der Waals surface area (Å²) in [6, 6.07) is 6.71. The van der Waals surface area contributed by atoms with Crippen LogP contribution in [0.5, 0.6) is 5.75 Å². The second-order valence-corrected chi connectivity index (χ2v) is 3.28. The molecular weight excluding hydrogens is 204 g/mol. The van der Waals surface area contributed by atoms with E-state index < -0.39 is 5.97 Å². The standard InChI is InChI=1S/C13H14O3/c1-10(2)8-9-16-13(14)11-4-6-12(15-3)7-5-11/h4-9H,1H2,2-3H3/b9-8-. The van der Waals surface area contributed by atoms with E-state index in [0.29, 0.717) is 11.3 Å². The lowest BCUT2D eigenvalue weighted by Crippen LogP contribution is -2.00. The molecular formula is C13H14O3. The highest BCUT2D eigenvalue weighted by atomic mass is 16.5. The molecule has 0 aliphatic carbocycles. The van der Waals surface area contributed by atoms with Crippen molar-refractivity contribution in [1.29, 1.82) is 0 Å². The summed E-state index contributed by atoms with van der Waals surface area (Å²) in [6.07, 6.45) is 2.95. The van der Waals surface area contributed by atoms with Crippen LogP contribution in [0.2, 0.25) is 0 Å². The first kappa shape index (κ1) is 12.0. The molecule has 3 nitrogen and oxygen atoms in total. The lowest BCUT2D eigenvalue weighted by atomic mass is 10.2. The predicted molar refractivity (Wildman–Crippen MR) is 62.4 cm³/mol. The molecule has 0 spiro atoms. The second-order valence-electron chi connectivity index (χ2n) is 3.28. The summed E-state index contributed by atoms with van der Waals surface area (Å²) in [5.41, 5.74) is 1.30. The van der Waals surface area contributed by atoms with Crippen molar-refractivity contribution in [2.75, 3.05) is 7.11 Å². The molecule has 0 unspecified atom stereocenters. The van der Waals surface area contributed by atoms with Crippen molar-refractivity contribution in [2.45, 2.75) is 6.92 Å². The van der Waals surface area contributed by atoms with Crippen molar-refractivity contribution in [3.8, 4) is 5.75 Å². The zero-order valence-electron chi connectivity index (χ0n) is 9.40. The Morgan fingerprint density at radius 3 is 2.44 bits per heavy atom. The summed E-state index contributed by atoms with van der Waals surface area (Å²) in [7, 11) is 1.57. The van der Waals surface area contributed by atoms with Crippen LogP contribution in [0.15, 0.2) is 48.8 Å². The highest BCUT2D eigenvalue weighted by Crippen LogP contribution is 2.12. The minimum atomic E-state index is -0.403. The smallest absolute Gasteiger partial charge is 0.342 e. The normalized spacial score (nSPS) is 10.1. The SMILES string of the molecule is C=C(C)/C=C\OC(=O)c1ccc(OC)cc1. The van der Waals surface area contributed by atoms with E-state index in [9.17, 15) is 4.79 Å². The predicted octanol–water partition coefficient (Wildman–Crippen LogP) is 2.94. The van der Waals surface area contributed by atoms with E-state index in [0.717, 1.165) is 5.57 Å². The minimum Gasteiger partial charge on any atom is -0.497 e. The first-order valence-corrected chi connectivity index (χ1v) is 4.80. The third kappa shape index (κ3) is 3.61. The van der Waals surface area contributed by atoms with Gasteiger partial charge in [-0.05, 0) is 37.3 Å². The number of allylic oxidation sites excluding steroid dienone is 2. The average Bonchev–Trinajstić information content (AvgIpc) is 2.28. The molecule has 0 aromatic heterocycles. The van der Waals surface area contributed by atoms with Crippen molar-refractivity contribution >= 4 is 5.97 Å². The maximum absolute atomic E-state index is 11.5. The third-order valence-electron chi connectivity index (χ3n) is 1.85. The number of methoxy groups -OCH3 is 1. The zero-order chi connectivity index (χ0) is 12.0. The van der Waals surface area contributed by atoms with Gasteiger partial charge in [0.25, 0.3) is 0 Å². The van der Waals surface area contributed by atoms with Crippen LogP contribution in [0, 0.1) is 0 Å². The van der Waals surface area contributed by atoms with Gasteiger partial charge >= 0.3 is 5.97 Å². The summed E-state index contributed by atoms with van der Waals surface area (Å²) >= 11 is 0. The van der Waals surface area contributed by atoms with Gasteiger partial charge in [0.05, 0.1) is 18.9 Å². The lowest BCUT2D eigenvalue weighted by molar-refractivity contribution is 0.0663. The Labute approximate surface area is 95.0 Å². The van der Waals surface area contributed by atoms with E-state index in [1.54, 1.807) is 37.5 Å². The summed E-state index contributed by atoms with van der Waals surface area (Å²) in [5.74, 6) is 0.300. The number of hydrogen-bond acceptors (Lipinski definition) is 3. The number of carbonyl (C=O) groups is 1. The van der Waals surface area contributed by atoms with Crippen LogP contribution in [-0.4, -0.2) is 13.1 Å². The molecule has 1 aromatic carbocycles. The largest absolute Gasteiger partial charge is 0.497 e. The number of esters is 1. The van der Waals surface area contributed by atoms with Gasteiger partial charge in [0.1, 0.15) is 5.75 Å². The number of ether oxygens (including phenoxy) is 2. The van der Waals surface area contributed by atoms with Crippen molar-refractivity contribution < 1.29 is 14.3 Å². The van der Waals surface area contributed by atoms with Crippen LogP contribution in [-0.2, 0) is 4.74 Å². The van der Waals surface area contributed by atoms with Crippen LogP contribution in [0.4, 0.5) is 0 Å². The molecule has 1 rings (SSSR count). The van der Waals surface area contributed by atoms with Crippen LogP contribution < -0.4 is 4.74 Å². The van der Waals surface area contributed by atoms with Gasteiger partial charge in [0.15, 0.2) is 0 Å². The van der Waals surface area contributed by atoms with Crippen molar-refractivity contribution in [3.63, 3.8) is 0 Å². The van der Waals surface area contributed by atoms with Crippen molar-refractivity contribution in [2.24, 2.45) is 0 Å². The molecule has 0 aliphatic rings. The lowest BCUT2D eigenvalue weighted by Gasteiger charge is -2.01. The molecule has 0 aliphatic heterocycles. The monoisotopic (exact) mass is 218 g/mol. The van der Waals surface area contributed by atoms with Gasteiger partial charge < -0.3 is 9.47 Å². The number of rotatable bonds is 4. The fourth-order valence-corrected chi connectivity index (χ4v) is 1.01. The topological polar surface area (TPSA) is 35.5 Å². The van der Waals surface area contributed by atoms with Crippen molar-refractivity contribution in [1.82, 2.24) is 0 Å².